The van der Waals surface area contributed by atoms with Crippen LogP contribution in [0.25, 0.3) is 0 Å². The van der Waals surface area contributed by atoms with Gasteiger partial charge in [-0.1, -0.05) is 18.2 Å². The lowest BCUT2D eigenvalue weighted by Crippen LogP contribution is -2.50. The number of piperazine rings is 1. The van der Waals surface area contributed by atoms with Crippen LogP contribution in [0.5, 0.6) is 0 Å². The smallest absolute Gasteiger partial charge is 0.321 e. The third-order valence-corrected chi connectivity index (χ3v) is 5.08. The molecule has 2 heterocycles. The standard InChI is InChI=1S/C19H24N6O/c20-17-15-8-4-5-9-16(15)22-18(23-17)24-10-12-25(13-11-24)19(26)21-14-6-2-1-3-7-14/h1-3,6-7H,4-5,8-13H2,(H,21,26)(H2,20,22,23). The monoisotopic (exact) mass is 352 g/mol. The van der Waals surface area contributed by atoms with Crippen molar-refractivity contribution in [3.63, 3.8) is 0 Å². The fraction of sp³-hybridized carbons (Fsp3) is 0.421. The lowest BCUT2D eigenvalue weighted by Gasteiger charge is -2.35. The Bertz CT molecular complexity index is 786. The Labute approximate surface area is 153 Å². The number of benzene rings is 1. The van der Waals surface area contributed by atoms with E-state index in [-0.39, 0.29) is 6.03 Å². The van der Waals surface area contributed by atoms with Gasteiger partial charge in [0, 0.05) is 37.4 Å². The van der Waals surface area contributed by atoms with Gasteiger partial charge in [0.15, 0.2) is 0 Å². The Kier molecular flexibility index (Phi) is 4.60. The second kappa shape index (κ2) is 7.19. The van der Waals surface area contributed by atoms with Gasteiger partial charge in [-0.25, -0.2) is 9.78 Å². The number of rotatable bonds is 2. The van der Waals surface area contributed by atoms with Crippen LogP contribution in [-0.2, 0) is 12.8 Å². The average molecular weight is 352 g/mol. The molecule has 1 fully saturated rings. The summed E-state index contributed by atoms with van der Waals surface area (Å²) in [5.41, 5.74) is 9.19. The molecule has 136 valence electrons. The van der Waals surface area contributed by atoms with Crippen LogP contribution in [0.3, 0.4) is 0 Å². The summed E-state index contributed by atoms with van der Waals surface area (Å²) in [4.78, 5) is 25.6. The fourth-order valence-electron chi connectivity index (χ4n) is 3.58. The molecule has 1 aromatic carbocycles. The zero-order valence-corrected chi connectivity index (χ0v) is 14.8. The van der Waals surface area contributed by atoms with E-state index < -0.39 is 0 Å². The number of para-hydroxylation sites is 1. The van der Waals surface area contributed by atoms with Crippen LogP contribution in [-0.4, -0.2) is 47.1 Å². The molecule has 2 aromatic rings. The van der Waals surface area contributed by atoms with Crippen LogP contribution < -0.4 is 16.0 Å². The SMILES string of the molecule is Nc1nc(N2CCN(C(=O)Nc3ccccc3)CC2)nc2c1CCCC2. The maximum atomic E-state index is 12.4. The number of carbonyl (C=O) groups is 1. The van der Waals surface area contributed by atoms with E-state index in [9.17, 15) is 4.79 Å². The summed E-state index contributed by atoms with van der Waals surface area (Å²) in [6.07, 6.45) is 4.29. The van der Waals surface area contributed by atoms with Gasteiger partial charge in [-0.15, -0.1) is 0 Å². The zero-order chi connectivity index (χ0) is 17.9. The Morgan fingerprint density at radius 2 is 1.73 bits per heavy atom. The summed E-state index contributed by atoms with van der Waals surface area (Å²) in [6.45, 7) is 2.69. The summed E-state index contributed by atoms with van der Waals surface area (Å²) in [7, 11) is 0. The van der Waals surface area contributed by atoms with E-state index in [0.717, 1.165) is 42.6 Å². The first kappa shape index (κ1) is 16.6. The van der Waals surface area contributed by atoms with Gasteiger partial charge in [0.1, 0.15) is 5.82 Å². The van der Waals surface area contributed by atoms with Crippen LogP contribution in [0.1, 0.15) is 24.1 Å². The molecule has 1 aromatic heterocycles. The van der Waals surface area contributed by atoms with Crippen LogP contribution in [0.15, 0.2) is 30.3 Å². The molecular weight excluding hydrogens is 328 g/mol. The Balaban J connectivity index is 1.39. The second-order valence-corrected chi connectivity index (χ2v) is 6.81. The first-order valence-corrected chi connectivity index (χ1v) is 9.22. The maximum absolute atomic E-state index is 12.4. The minimum atomic E-state index is -0.0678. The molecule has 3 N–H and O–H groups in total. The van der Waals surface area contributed by atoms with E-state index in [1.807, 2.05) is 35.2 Å². The molecule has 1 aliphatic carbocycles. The second-order valence-electron chi connectivity index (χ2n) is 6.81. The molecule has 1 saturated heterocycles. The number of nitrogens with two attached hydrogens (primary N) is 1. The quantitative estimate of drug-likeness (QED) is 0.866. The Morgan fingerprint density at radius 1 is 1.00 bits per heavy atom. The number of hydrogen-bond donors (Lipinski definition) is 2. The zero-order valence-electron chi connectivity index (χ0n) is 14.8. The van der Waals surface area contributed by atoms with Crippen LogP contribution in [0.4, 0.5) is 22.2 Å². The number of aryl methyl sites for hydroxylation is 1. The third kappa shape index (κ3) is 3.42. The number of nitrogens with zero attached hydrogens (tertiary/aromatic N) is 4. The number of hydrogen-bond acceptors (Lipinski definition) is 5. The lowest BCUT2D eigenvalue weighted by molar-refractivity contribution is 0.208. The van der Waals surface area contributed by atoms with Gasteiger partial charge in [-0.05, 0) is 37.8 Å². The topological polar surface area (TPSA) is 87.4 Å². The van der Waals surface area contributed by atoms with Crippen molar-refractivity contribution >= 4 is 23.5 Å². The van der Waals surface area contributed by atoms with E-state index in [2.05, 4.69) is 15.2 Å². The highest BCUT2D eigenvalue weighted by atomic mass is 16.2. The van der Waals surface area contributed by atoms with Gasteiger partial charge in [0.25, 0.3) is 0 Å². The van der Waals surface area contributed by atoms with Crippen molar-refractivity contribution in [2.75, 3.05) is 42.1 Å². The van der Waals surface area contributed by atoms with Crippen LogP contribution in [0.2, 0.25) is 0 Å². The molecule has 0 unspecified atom stereocenters. The molecule has 4 rings (SSSR count). The molecule has 2 amide bonds. The van der Waals surface area contributed by atoms with Crippen molar-refractivity contribution in [3.8, 4) is 0 Å². The van der Waals surface area contributed by atoms with Crippen molar-refractivity contribution in [1.82, 2.24) is 14.9 Å². The Morgan fingerprint density at radius 3 is 2.50 bits per heavy atom. The van der Waals surface area contributed by atoms with E-state index in [1.54, 1.807) is 0 Å². The van der Waals surface area contributed by atoms with Crippen molar-refractivity contribution < 1.29 is 4.79 Å². The van der Waals surface area contributed by atoms with Crippen molar-refractivity contribution in [2.24, 2.45) is 0 Å². The van der Waals surface area contributed by atoms with Gasteiger partial charge < -0.3 is 20.9 Å². The molecule has 0 saturated carbocycles. The maximum Gasteiger partial charge on any atom is 0.321 e. The first-order chi connectivity index (χ1) is 12.7. The molecule has 0 bridgehead atoms. The molecule has 7 heteroatoms. The molecule has 0 spiro atoms. The fourth-order valence-corrected chi connectivity index (χ4v) is 3.58. The highest BCUT2D eigenvalue weighted by Crippen LogP contribution is 2.26. The molecule has 26 heavy (non-hydrogen) atoms. The first-order valence-electron chi connectivity index (χ1n) is 9.22. The average Bonchev–Trinajstić information content (AvgIpc) is 2.69. The molecular formula is C19H24N6O. The van der Waals surface area contributed by atoms with Crippen molar-refractivity contribution in [2.45, 2.75) is 25.7 Å². The molecule has 2 aliphatic rings. The Hall–Kier alpha value is -2.83. The van der Waals surface area contributed by atoms with Gasteiger partial charge in [-0.3, -0.25) is 0 Å². The highest BCUT2D eigenvalue weighted by Gasteiger charge is 2.24. The minimum Gasteiger partial charge on any atom is -0.383 e. The number of nitrogens with one attached hydrogen (secondary N) is 1. The van der Waals surface area contributed by atoms with Gasteiger partial charge >= 0.3 is 6.03 Å². The summed E-state index contributed by atoms with van der Waals surface area (Å²) >= 11 is 0. The number of nitrogen functional groups attached to an aromatic ring is 1. The summed E-state index contributed by atoms with van der Waals surface area (Å²) in [6, 6.07) is 9.45. The van der Waals surface area contributed by atoms with E-state index in [0.29, 0.717) is 37.9 Å². The van der Waals surface area contributed by atoms with Gasteiger partial charge in [0.2, 0.25) is 5.95 Å². The third-order valence-electron chi connectivity index (χ3n) is 5.08. The van der Waals surface area contributed by atoms with Gasteiger partial charge in [-0.2, -0.15) is 4.98 Å². The lowest BCUT2D eigenvalue weighted by atomic mass is 9.96. The van der Waals surface area contributed by atoms with Crippen LogP contribution in [0, 0.1) is 0 Å². The van der Waals surface area contributed by atoms with E-state index >= 15 is 0 Å². The summed E-state index contributed by atoms with van der Waals surface area (Å²) in [5, 5.41) is 2.93. The predicted octanol–water partition coefficient (Wildman–Crippen LogP) is 2.29. The van der Waals surface area contributed by atoms with Crippen LogP contribution >= 0.6 is 0 Å². The highest BCUT2D eigenvalue weighted by molar-refractivity contribution is 5.89. The molecule has 1 aliphatic heterocycles. The number of amides is 2. The largest absolute Gasteiger partial charge is 0.383 e. The summed E-state index contributed by atoms with van der Waals surface area (Å²) < 4.78 is 0. The van der Waals surface area contributed by atoms with E-state index in [4.69, 9.17) is 10.7 Å². The summed E-state index contributed by atoms with van der Waals surface area (Å²) in [5.74, 6) is 1.32. The number of aromatic nitrogens is 2. The van der Waals surface area contributed by atoms with Crippen molar-refractivity contribution in [1.29, 1.82) is 0 Å². The predicted molar refractivity (Wildman–Crippen MR) is 102 cm³/mol. The van der Waals surface area contributed by atoms with Gasteiger partial charge in [0.05, 0.1) is 5.69 Å². The number of anilines is 3. The number of carbonyl (C=O) groups excluding carboxylic acids is 1. The number of fused-ring (bicyclic) bond motifs is 1. The molecule has 0 atom stereocenters. The van der Waals surface area contributed by atoms with Crippen molar-refractivity contribution in [3.05, 3.63) is 41.6 Å². The minimum absolute atomic E-state index is 0.0678. The molecule has 0 radical (unpaired) electrons. The van der Waals surface area contributed by atoms with E-state index in [1.165, 1.54) is 0 Å². The normalized spacial score (nSPS) is 16.9. The number of urea groups is 1. The molecule has 7 nitrogen and oxygen atoms in total.